The Balaban J connectivity index is 0. The average Bonchev–Trinajstić information content (AvgIpc) is 1.41. The van der Waals surface area contributed by atoms with E-state index in [1.807, 2.05) is 0 Å². The third kappa shape index (κ3) is 8.92. The van der Waals surface area contributed by atoms with E-state index in [1.165, 1.54) is 6.42 Å². The van der Waals surface area contributed by atoms with E-state index < -0.39 is 0 Å². The Bertz CT molecular complexity index is 15.0. The average molecular weight is 201 g/mol. The molecule has 0 N–H and O–H groups in total. The fraction of sp³-hybridized carbons (Fsp3) is 0.750. The van der Waals surface area contributed by atoms with Gasteiger partial charge in [-0.25, -0.2) is 0 Å². The molecule has 34 valence electrons. The fourth-order valence-electron chi connectivity index (χ4n) is 0.0945. The molecule has 0 amide bonds. The van der Waals surface area contributed by atoms with Gasteiger partial charge in [0.1, 0.15) is 0 Å². The van der Waals surface area contributed by atoms with Gasteiger partial charge in [-0.05, 0) is 0 Å². The third-order valence-corrected chi connectivity index (χ3v) is 0.944. The molecule has 0 spiro atoms. The fourth-order valence-corrected chi connectivity index (χ4v) is 0.491. The second-order valence-corrected chi connectivity index (χ2v) is 1.69. The molecule has 2 heteroatoms. The van der Waals surface area contributed by atoms with Gasteiger partial charge in [0.05, 0.1) is 0 Å². The van der Waals surface area contributed by atoms with Crippen LogP contribution in [0.1, 0.15) is 12.8 Å². The summed E-state index contributed by atoms with van der Waals surface area (Å²) in [5.41, 5.74) is 0. The van der Waals surface area contributed by atoms with Gasteiger partial charge < -0.3 is 6.92 Å². The van der Waals surface area contributed by atoms with Gasteiger partial charge >= 0.3 is 0 Å². The maximum atomic E-state index is 3.65. The number of unbranched alkanes of at least 4 members (excludes halogenated alkanes) is 1. The van der Waals surface area contributed by atoms with Gasteiger partial charge in [-0.2, -0.15) is 6.42 Å². The molecule has 0 unspecified atom stereocenters. The summed E-state index contributed by atoms with van der Waals surface area (Å²) in [6, 6.07) is 0. The summed E-state index contributed by atoms with van der Waals surface area (Å²) in [6.45, 7) is 3.65. The number of hydrogen-bond acceptors (Lipinski definition) is 0. The van der Waals surface area contributed by atoms with Crippen molar-refractivity contribution in [3.8, 4) is 0 Å². The van der Waals surface area contributed by atoms with Crippen molar-refractivity contribution in [1.82, 2.24) is 0 Å². The largest absolute Gasteiger partial charge is 0.343 e. The quantitative estimate of drug-likeness (QED) is 0.364. The number of alkyl halides is 1. The van der Waals surface area contributed by atoms with E-state index in [2.05, 4.69) is 22.9 Å². The Morgan fingerprint density at radius 2 is 2.00 bits per heavy atom. The van der Waals surface area contributed by atoms with Crippen molar-refractivity contribution in [2.24, 2.45) is 0 Å². The maximum Gasteiger partial charge on any atom is 0.000693 e. The minimum Gasteiger partial charge on any atom is -0.343 e. The van der Waals surface area contributed by atoms with Crippen LogP contribution in [0.3, 0.4) is 0 Å². The molecule has 0 saturated carbocycles. The van der Waals surface area contributed by atoms with Crippen molar-refractivity contribution in [3.63, 3.8) is 0 Å². The number of hydrogen-bond donors (Lipinski definition) is 0. The first-order valence-electron chi connectivity index (χ1n) is 1.77. The van der Waals surface area contributed by atoms with Crippen molar-refractivity contribution >= 4 is 15.9 Å². The summed E-state index contributed by atoms with van der Waals surface area (Å²) < 4.78 is 0. The van der Waals surface area contributed by atoms with E-state index in [4.69, 9.17) is 0 Å². The van der Waals surface area contributed by atoms with E-state index in [-0.39, 0.29) is 19.5 Å². The Hall–Kier alpha value is 1.10. The molecule has 0 saturated heterocycles. The Morgan fingerprint density at radius 1 is 1.50 bits per heavy atom. The van der Waals surface area contributed by atoms with Crippen LogP contribution in [-0.2, 0) is 19.5 Å². The van der Waals surface area contributed by atoms with Crippen molar-refractivity contribution in [3.05, 3.63) is 6.92 Å². The van der Waals surface area contributed by atoms with Crippen LogP contribution in [0.25, 0.3) is 0 Å². The van der Waals surface area contributed by atoms with Crippen LogP contribution in [0.5, 0.6) is 0 Å². The first-order chi connectivity index (χ1) is 2.41. The van der Waals surface area contributed by atoms with E-state index in [1.54, 1.807) is 0 Å². The topological polar surface area (TPSA) is 0 Å². The van der Waals surface area contributed by atoms with E-state index in [9.17, 15) is 0 Å². The van der Waals surface area contributed by atoms with Crippen LogP contribution in [0.2, 0.25) is 0 Å². The molecule has 0 aromatic heterocycles. The number of rotatable bonds is 2. The summed E-state index contributed by atoms with van der Waals surface area (Å²) in [5, 5.41) is 1.09. The van der Waals surface area contributed by atoms with Crippen molar-refractivity contribution < 1.29 is 19.5 Å². The third-order valence-electron chi connectivity index (χ3n) is 0.384. The Morgan fingerprint density at radius 3 is 2.00 bits per heavy atom. The molecule has 0 atom stereocenters. The minimum absolute atomic E-state index is 0. The molecule has 0 fully saturated rings. The zero-order valence-electron chi connectivity index (χ0n) is 3.91. The van der Waals surface area contributed by atoms with E-state index >= 15 is 0 Å². The first kappa shape index (κ1) is 10.2. The summed E-state index contributed by atoms with van der Waals surface area (Å²) in [4.78, 5) is 0. The molecular weight excluding hydrogens is 193 g/mol. The van der Waals surface area contributed by atoms with Crippen molar-refractivity contribution in [1.29, 1.82) is 0 Å². The van der Waals surface area contributed by atoms with Gasteiger partial charge in [0.2, 0.25) is 0 Å². The zero-order chi connectivity index (χ0) is 4.12. The smallest absolute Gasteiger partial charge is 0.000693 e. The van der Waals surface area contributed by atoms with Crippen LogP contribution < -0.4 is 0 Å². The van der Waals surface area contributed by atoms with Crippen LogP contribution in [0, 0.1) is 6.92 Å². The van der Waals surface area contributed by atoms with Crippen molar-refractivity contribution in [2.75, 3.05) is 5.33 Å². The van der Waals surface area contributed by atoms with E-state index in [0.29, 0.717) is 0 Å². The molecule has 0 nitrogen and oxygen atoms in total. The van der Waals surface area contributed by atoms with Gasteiger partial charge in [0.25, 0.3) is 0 Å². The molecule has 6 heavy (non-hydrogen) atoms. The Labute approximate surface area is 60.6 Å². The van der Waals surface area contributed by atoms with Gasteiger partial charge in [-0.3, -0.25) is 0 Å². The SMILES string of the molecule is [CH2-]CCCBr.[Zn]. The Kier molecular flexibility index (Phi) is 16.0. The van der Waals surface area contributed by atoms with Gasteiger partial charge in [-0.1, -0.05) is 22.4 Å². The van der Waals surface area contributed by atoms with Crippen molar-refractivity contribution in [2.45, 2.75) is 12.8 Å². The summed E-state index contributed by atoms with van der Waals surface area (Å²) in [7, 11) is 0. The molecule has 0 radical (unpaired) electrons. The molecule has 0 rings (SSSR count). The molecule has 0 heterocycles. The van der Waals surface area contributed by atoms with Gasteiger partial charge in [0.15, 0.2) is 0 Å². The van der Waals surface area contributed by atoms with Crippen LogP contribution in [0.4, 0.5) is 0 Å². The van der Waals surface area contributed by atoms with Crippen LogP contribution in [-0.4, -0.2) is 5.33 Å². The first-order valence-corrected chi connectivity index (χ1v) is 2.89. The second kappa shape index (κ2) is 9.44. The molecule has 0 aromatic rings. The predicted octanol–water partition coefficient (Wildman–Crippen LogP) is 1.99. The normalized spacial score (nSPS) is 7.00. The van der Waals surface area contributed by atoms with E-state index in [0.717, 1.165) is 11.8 Å². The minimum atomic E-state index is 0. The summed E-state index contributed by atoms with van der Waals surface area (Å²) >= 11 is 3.27. The molecule has 0 aliphatic rings. The predicted molar refractivity (Wildman–Crippen MR) is 28.4 cm³/mol. The molecule has 0 bridgehead atoms. The molecule has 0 aliphatic heterocycles. The summed E-state index contributed by atoms with van der Waals surface area (Å²) in [5.74, 6) is 0. The monoisotopic (exact) mass is 199 g/mol. The zero-order valence-corrected chi connectivity index (χ0v) is 8.47. The standard InChI is InChI=1S/C4H8Br.Zn/c1-2-3-4-5;/h1-4H2;/q-1;. The van der Waals surface area contributed by atoms with Gasteiger partial charge in [0, 0.05) is 24.8 Å². The number of halogens is 1. The molecule has 0 aromatic carbocycles. The van der Waals surface area contributed by atoms with Gasteiger partial charge in [-0.15, -0.1) is 0 Å². The van der Waals surface area contributed by atoms with Crippen LogP contribution >= 0.6 is 15.9 Å². The molecular formula is C4H8BrZn-. The van der Waals surface area contributed by atoms with Crippen LogP contribution in [0.15, 0.2) is 0 Å². The maximum absolute atomic E-state index is 3.65. The second-order valence-electron chi connectivity index (χ2n) is 0.896. The molecule has 0 aliphatic carbocycles. The summed E-state index contributed by atoms with van der Waals surface area (Å²) in [6.07, 6.45) is 2.24.